The van der Waals surface area contributed by atoms with Crippen molar-refractivity contribution in [2.75, 3.05) is 6.61 Å². The fraction of sp³-hybridized carbons (Fsp3) is 0.875. The van der Waals surface area contributed by atoms with Crippen LogP contribution in [-0.4, -0.2) is 34.9 Å². The lowest BCUT2D eigenvalue weighted by Crippen LogP contribution is -2.45. The van der Waals surface area contributed by atoms with E-state index < -0.39 is 57.1 Å². The molecule has 4 heteroatoms. The highest BCUT2D eigenvalue weighted by molar-refractivity contribution is 5.76. The third-order valence-corrected chi connectivity index (χ3v) is 4.66. The van der Waals surface area contributed by atoms with Crippen LogP contribution in [0.15, 0.2) is 12.2 Å². The van der Waals surface area contributed by atoms with Crippen molar-refractivity contribution in [2.24, 2.45) is 0 Å². The molecule has 0 fully saturated rings. The van der Waals surface area contributed by atoms with E-state index in [4.69, 9.17) is 12.3 Å². The fourth-order valence-electron chi connectivity index (χ4n) is 2.96. The summed E-state index contributed by atoms with van der Waals surface area (Å²) >= 11 is 0. The van der Waals surface area contributed by atoms with Crippen LogP contribution in [0.1, 0.15) is 129 Å². The Labute approximate surface area is 186 Å². The maximum Gasteiger partial charge on any atom is 0.220 e. The first kappa shape index (κ1) is 15.0. The van der Waals surface area contributed by atoms with Gasteiger partial charge in [0.15, 0.2) is 0 Å². The number of aliphatic hydroxyl groups is 2. The van der Waals surface area contributed by atoms with Crippen LogP contribution in [0.5, 0.6) is 0 Å². The highest BCUT2D eigenvalue weighted by atomic mass is 16.3. The zero-order chi connectivity index (χ0) is 28.8. The first-order valence-corrected chi connectivity index (χ1v) is 10.8. The normalized spacial score (nSPS) is 20.5. The molecule has 4 nitrogen and oxygen atoms in total. The van der Waals surface area contributed by atoms with E-state index >= 15 is 0 Å². The van der Waals surface area contributed by atoms with Crippen LogP contribution in [0.3, 0.4) is 0 Å². The minimum absolute atomic E-state index is 0.665. The van der Waals surface area contributed by atoms with E-state index in [-0.39, 0.29) is 0 Å². The molecule has 0 saturated heterocycles. The topological polar surface area (TPSA) is 69.6 Å². The molecule has 28 heavy (non-hydrogen) atoms. The van der Waals surface area contributed by atoms with Crippen molar-refractivity contribution in [1.29, 1.82) is 0 Å². The predicted octanol–water partition coefficient (Wildman–Crippen LogP) is 5.66. The van der Waals surface area contributed by atoms with Gasteiger partial charge in [0, 0.05) is 18.8 Å². The molecule has 1 amide bonds. The SMILES string of the molecule is [2H]C([2H])([2H])C([2H])([2H])C([2H])([2H])C([2H])([2H])CC(=O)NC(CO)C(O)/C=C/CCCCCCCCCCCCC. The summed E-state index contributed by atoms with van der Waals surface area (Å²) in [6.07, 6.45) is 4.59. The van der Waals surface area contributed by atoms with Crippen LogP contribution in [-0.2, 0) is 4.79 Å². The Hall–Kier alpha value is -0.870. The molecule has 0 aliphatic carbocycles. The molecule has 0 aromatic rings. The molecule has 0 radical (unpaired) electrons. The maximum absolute atomic E-state index is 12.3. The number of aliphatic hydroxyl groups excluding tert-OH is 2. The minimum Gasteiger partial charge on any atom is -0.394 e. The van der Waals surface area contributed by atoms with Crippen LogP contribution < -0.4 is 5.32 Å². The summed E-state index contributed by atoms with van der Waals surface area (Å²) in [5.41, 5.74) is 0. The molecule has 0 heterocycles. The lowest BCUT2D eigenvalue weighted by molar-refractivity contribution is -0.123. The van der Waals surface area contributed by atoms with Gasteiger partial charge < -0.3 is 15.5 Å². The van der Waals surface area contributed by atoms with Crippen molar-refractivity contribution < 1.29 is 27.3 Å². The van der Waals surface area contributed by atoms with Gasteiger partial charge in [0.2, 0.25) is 5.91 Å². The Kier molecular flexibility index (Phi) is 11.2. The Bertz CT molecular complexity index is 670. The Morgan fingerprint density at radius 1 is 1.04 bits per heavy atom. The average molecular weight is 407 g/mol. The monoisotopic (exact) mass is 406 g/mol. The molecule has 166 valence electrons. The number of carbonyl (C=O) groups excluding carboxylic acids is 1. The van der Waals surface area contributed by atoms with Crippen LogP contribution in [0.4, 0.5) is 0 Å². The van der Waals surface area contributed by atoms with Gasteiger partial charge in [0.1, 0.15) is 0 Å². The van der Waals surface area contributed by atoms with Gasteiger partial charge in [-0.3, -0.25) is 4.79 Å². The van der Waals surface area contributed by atoms with Crippen molar-refractivity contribution in [1.82, 2.24) is 5.32 Å². The Morgan fingerprint density at radius 2 is 1.64 bits per heavy atom. The summed E-state index contributed by atoms with van der Waals surface area (Å²) in [6.45, 7) is -1.91. The smallest absolute Gasteiger partial charge is 0.220 e. The summed E-state index contributed by atoms with van der Waals surface area (Å²) in [7, 11) is 0. The molecule has 0 rings (SSSR count). The largest absolute Gasteiger partial charge is 0.394 e. The molecule has 2 unspecified atom stereocenters. The van der Waals surface area contributed by atoms with Gasteiger partial charge in [0.25, 0.3) is 0 Å². The molecule has 2 atom stereocenters. The number of allylic oxidation sites excluding steroid dienone is 1. The summed E-state index contributed by atoms with van der Waals surface area (Å²) in [4.78, 5) is 12.3. The van der Waals surface area contributed by atoms with Gasteiger partial charge >= 0.3 is 0 Å². The van der Waals surface area contributed by atoms with Crippen LogP contribution in [0.2, 0.25) is 0 Å². The molecule has 0 aliphatic rings. The van der Waals surface area contributed by atoms with Gasteiger partial charge in [-0.15, -0.1) is 0 Å². The second-order valence-corrected chi connectivity index (χ2v) is 7.20. The number of unbranched alkanes of at least 4 members (excludes halogenated alkanes) is 11. The standard InChI is InChI=1S/C24H47NO3/c1-3-5-7-8-9-10-11-12-13-14-15-16-18-19-23(27)22(21-26)25-24(28)20-17-6-4-2/h18-19,22-23,26-27H,3-17,20-21H2,1-2H3,(H,25,28)/b19-18+/i2D3,4D2,6D2,17D2. The molecule has 3 N–H and O–H groups in total. The van der Waals surface area contributed by atoms with Gasteiger partial charge in [-0.2, -0.15) is 0 Å². The Morgan fingerprint density at radius 3 is 2.21 bits per heavy atom. The molecule has 0 bridgehead atoms. The van der Waals surface area contributed by atoms with E-state index in [0.29, 0.717) is 6.42 Å². The first-order valence-electron chi connectivity index (χ1n) is 15.3. The van der Waals surface area contributed by atoms with E-state index in [1.807, 2.05) is 0 Å². The minimum atomic E-state index is -3.56. The third-order valence-electron chi connectivity index (χ3n) is 4.66. The van der Waals surface area contributed by atoms with Crippen molar-refractivity contribution >= 4 is 5.91 Å². The number of rotatable bonds is 20. The molecular formula is C24H47NO3. The second-order valence-electron chi connectivity index (χ2n) is 7.20. The summed E-state index contributed by atoms with van der Waals surface area (Å²) in [6, 6.07) is -1.18. The highest BCUT2D eigenvalue weighted by Gasteiger charge is 2.17. The number of amides is 1. The van der Waals surface area contributed by atoms with Crippen molar-refractivity contribution in [2.45, 2.75) is 129 Å². The van der Waals surface area contributed by atoms with Crippen molar-refractivity contribution in [3.05, 3.63) is 12.2 Å². The zero-order valence-corrected chi connectivity index (χ0v) is 17.5. The molecule has 0 aromatic carbocycles. The maximum atomic E-state index is 12.3. The molecule has 0 aliphatic heterocycles. The van der Waals surface area contributed by atoms with E-state index in [1.165, 1.54) is 57.4 Å². The molecule has 0 saturated carbocycles. The van der Waals surface area contributed by atoms with E-state index in [9.17, 15) is 15.0 Å². The predicted molar refractivity (Wildman–Crippen MR) is 119 cm³/mol. The van der Waals surface area contributed by atoms with Crippen molar-refractivity contribution in [3.8, 4) is 0 Å². The summed E-state index contributed by atoms with van der Waals surface area (Å²) in [5.74, 6) is -1.09. The number of nitrogens with one attached hydrogen (secondary N) is 1. The number of carbonyl (C=O) groups is 1. The summed E-state index contributed by atoms with van der Waals surface area (Å²) < 4.78 is 68.1. The summed E-state index contributed by atoms with van der Waals surface area (Å²) in [5, 5.41) is 22.0. The number of hydrogen-bond donors (Lipinski definition) is 3. The van der Waals surface area contributed by atoms with E-state index in [0.717, 1.165) is 19.3 Å². The second kappa shape index (κ2) is 20.9. The number of hydrogen-bond acceptors (Lipinski definition) is 3. The molecule has 0 spiro atoms. The van der Waals surface area contributed by atoms with Crippen molar-refractivity contribution in [3.63, 3.8) is 0 Å². The lowest BCUT2D eigenvalue weighted by atomic mass is 10.0. The van der Waals surface area contributed by atoms with E-state index in [2.05, 4.69) is 12.2 Å². The van der Waals surface area contributed by atoms with Crippen LogP contribution in [0.25, 0.3) is 0 Å². The van der Waals surface area contributed by atoms with E-state index in [1.54, 1.807) is 6.08 Å². The van der Waals surface area contributed by atoms with Gasteiger partial charge in [-0.25, -0.2) is 0 Å². The van der Waals surface area contributed by atoms with Gasteiger partial charge in [0.05, 0.1) is 18.8 Å². The van der Waals surface area contributed by atoms with Gasteiger partial charge in [-0.05, 0) is 19.2 Å². The quantitative estimate of drug-likeness (QED) is 0.180. The molecular weight excluding hydrogens is 350 g/mol. The highest BCUT2D eigenvalue weighted by Crippen LogP contribution is 2.12. The average Bonchev–Trinajstić information content (AvgIpc) is 2.79. The first-order chi connectivity index (χ1) is 17.0. The van der Waals surface area contributed by atoms with Gasteiger partial charge in [-0.1, -0.05) is 103 Å². The lowest BCUT2D eigenvalue weighted by Gasteiger charge is -2.19. The molecule has 0 aromatic heterocycles. The zero-order valence-electron chi connectivity index (χ0n) is 26.5. The fourth-order valence-corrected chi connectivity index (χ4v) is 2.96. The Balaban J connectivity index is 4.49. The van der Waals surface area contributed by atoms with Crippen LogP contribution in [0, 0.1) is 0 Å². The van der Waals surface area contributed by atoms with Crippen LogP contribution >= 0.6 is 0 Å². The third kappa shape index (κ3) is 17.2.